The maximum atomic E-state index is 12.6. The summed E-state index contributed by atoms with van der Waals surface area (Å²) < 4.78 is 25.2. The van der Waals surface area contributed by atoms with E-state index < -0.39 is 6.43 Å². The summed E-state index contributed by atoms with van der Waals surface area (Å²) in [7, 11) is 0. The lowest BCUT2D eigenvalue weighted by Gasteiger charge is -2.13. The molecule has 1 aromatic heterocycles. The molecule has 0 saturated heterocycles. The Bertz CT molecular complexity index is 1120. The summed E-state index contributed by atoms with van der Waals surface area (Å²) in [5.41, 5.74) is 4.94. The molecule has 2 aromatic carbocycles. The summed E-state index contributed by atoms with van der Waals surface area (Å²) in [4.78, 5) is 7.67. The number of hydrogen-bond donors (Lipinski definition) is 3. The number of aryl methyl sites for hydroxylation is 1. The molecule has 0 saturated carbocycles. The molecule has 3 rings (SSSR count). The Balaban J connectivity index is 1.87. The van der Waals surface area contributed by atoms with E-state index in [0.717, 1.165) is 23.4 Å². The number of nitrogens with zero attached hydrogens (tertiary/aromatic N) is 2. The number of aromatic amines is 1. The first-order valence-corrected chi connectivity index (χ1v) is 9.72. The van der Waals surface area contributed by atoms with Crippen LogP contribution in [0.4, 0.5) is 8.78 Å². The molecule has 0 amide bonds. The number of nitriles is 1. The van der Waals surface area contributed by atoms with E-state index >= 15 is 0 Å². The number of hydrogen-bond acceptors (Lipinski definition) is 4. The Labute approximate surface area is 174 Å². The number of benzene rings is 2. The minimum atomic E-state index is -2.42. The fourth-order valence-corrected chi connectivity index (χ4v) is 3.39. The molecule has 0 aliphatic carbocycles. The van der Waals surface area contributed by atoms with Gasteiger partial charge in [-0.2, -0.15) is 5.26 Å². The second kappa shape index (κ2) is 9.31. The monoisotopic (exact) mass is 407 g/mol. The van der Waals surface area contributed by atoms with Gasteiger partial charge in [0.15, 0.2) is 0 Å². The molecule has 0 fully saturated rings. The van der Waals surface area contributed by atoms with Gasteiger partial charge < -0.3 is 15.7 Å². The Hall–Kier alpha value is -3.53. The van der Waals surface area contributed by atoms with Crippen LogP contribution in [0.5, 0.6) is 0 Å². The maximum absolute atomic E-state index is 12.6. The molecule has 0 spiro atoms. The molecule has 1 heterocycles. The average molecular weight is 407 g/mol. The molecule has 154 valence electrons. The first-order valence-electron chi connectivity index (χ1n) is 9.72. The van der Waals surface area contributed by atoms with Gasteiger partial charge in [0.05, 0.1) is 22.7 Å². The highest BCUT2D eigenvalue weighted by molar-refractivity contribution is 6.03. The summed E-state index contributed by atoms with van der Waals surface area (Å²) in [5, 5.41) is 21.1. The van der Waals surface area contributed by atoms with Crippen LogP contribution in [0.25, 0.3) is 16.7 Å². The lowest BCUT2D eigenvalue weighted by atomic mass is 9.99. The normalized spacial score (nSPS) is 10.9. The van der Waals surface area contributed by atoms with Gasteiger partial charge in [0.1, 0.15) is 5.82 Å². The number of H-pyrrole nitrogens is 1. The van der Waals surface area contributed by atoms with E-state index in [0.29, 0.717) is 33.7 Å². The van der Waals surface area contributed by atoms with Gasteiger partial charge in [-0.05, 0) is 31.0 Å². The van der Waals surface area contributed by atoms with E-state index in [1.807, 2.05) is 31.2 Å². The fraction of sp³-hybridized carbons (Fsp3) is 0.261. The molecule has 0 bridgehead atoms. The second-order valence-electron chi connectivity index (χ2n) is 6.96. The third kappa shape index (κ3) is 4.71. The Morgan fingerprint density at radius 1 is 1.30 bits per heavy atom. The summed E-state index contributed by atoms with van der Waals surface area (Å²) in [6.45, 7) is 6.76. The Morgan fingerprint density at radius 2 is 2.03 bits per heavy atom. The molecular weight excluding hydrogens is 384 g/mol. The fourth-order valence-electron chi connectivity index (χ4n) is 3.39. The van der Waals surface area contributed by atoms with Crippen LogP contribution >= 0.6 is 0 Å². The zero-order valence-corrected chi connectivity index (χ0v) is 16.7. The molecular formula is C23H23F2N5. The smallest absolute Gasteiger partial charge is 0.239 e. The summed E-state index contributed by atoms with van der Waals surface area (Å²) in [6, 6.07) is 13.0. The minimum absolute atomic E-state index is 0.119. The van der Waals surface area contributed by atoms with Crippen molar-refractivity contribution in [3.05, 3.63) is 71.1 Å². The van der Waals surface area contributed by atoms with Crippen molar-refractivity contribution in [2.24, 2.45) is 0 Å². The Morgan fingerprint density at radius 3 is 2.70 bits per heavy atom. The van der Waals surface area contributed by atoms with Crippen LogP contribution in [-0.4, -0.2) is 28.6 Å². The van der Waals surface area contributed by atoms with E-state index in [-0.39, 0.29) is 19.3 Å². The van der Waals surface area contributed by atoms with Gasteiger partial charge in [0.2, 0.25) is 6.43 Å². The Kier molecular flexibility index (Phi) is 6.58. The van der Waals surface area contributed by atoms with E-state index in [2.05, 4.69) is 27.9 Å². The van der Waals surface area contributed by atoms with E-state index in [4.69, 9.17) is 5.41 Å². The third-order valence-corrected chi connectivity index (χ3v) is 4.82. The molecule has 7 heteroatoms. The summed E-state index contributed by atoms with van der Waals surface area (Å²) in [5.74, 6) is 0.578. The van der Waals surface area contributed by atoms with Crippen LogP contribution in [0.2, 0.25) is 0 Å². The van der Waals surface area contributed by atoms with Crippen LogP contribution < -0.4 is 5.32 Å². The average Bonchev–Trinajstić information content (AvgIpc) is 3.12. The number of imidazole rings is 1. The number of nitrogens with one attached hydrogen (secondary N) is 3. The zero-order valence-electron chi connectivity index (χ0n) is 16.7. The highest BCUT2D eigenvalue weighted by Gasteiger charge is 2.15. The number of alkyl halides is 2. The molecule has 0 atom stereocenters. The zero-order chi connectivity index (χ0) is 21.7. The highest BCUT2D eigenvalue weighted by atomic mass is 19.3. The second-order valence-corrected chi connectivity index (χ2v) is 6.96. The largest absolute Gasteiger partial charge is 0.385 e. The maximum Gasteiger partial charge on any atom is 0.239 e. The van der Waals surface area contributed by atoms with E-state index in [1.54, 1.807) is 12.1 Å². The predicted molar refractivity (Wildman–Crippen MR) is 115 cm³/mol. The highest BCUT2D eigenvalue weighted by Crippen LogP contribution is 2.22. The number of fused-ring (bicyclic) bond motifs is 1. The molecule has 0 radical (unpaired) electrons. The predicted octanol–water partition coefficient (Wildman–Crippen LogP) is 4.82. The van der Waals surface area contributed by atoms with E-state index in [1.165, 1.54) is 0 Å². The van der Waals surface area contributed by atoms with Crippen LogP contribution in [-0.2, 0) is 12.8 Å². The molecule has 0 unspecified atom stereocenters. The van der Waals surface area contributed by atoms with Crippen molar-refractivity contribution >= 4 is 22.4 Å². The number of rotatable bonds is 9. The van der Waals surface area contributed by atoms with Crippen molar-refractivity contribution in [2.45, 2.75) is 32.6 Å². The topological polar surface area (TPSA) is 88.3 Å². The van der Waals surface area contributed by atoms with Gasteiger partial charge >= 0.3 is 0 Å². The van der Waals surface area contributed by atoms with Crippen molar-refractivity contribution in [3.8, 4) is 6.07 Å². The number of halogens is 2. The lowest BCUT2D eigenvalue weighted by Crippen LogP contribution is -2.14. The van der Waals surface area contributed by atoms with E-state index in [9.17, 15) is 14.0 Å². The van der Waals surface area contributed by atoms with Crippen LogP contribution in [0.15, 0.2) is 43.0 Å². The SMILES string of the molecule is C=C(NCC)c1ccccc1C(=N)Cc1nc2cc(CCC(F)F)c(C#N)cc2[nH]1. The molecule has 0 aliphatic heterocycles. The lowest BCUT2D eigenvalue weighted by molar-refractivity contribution is 0.138. The van der Waals surface area contributed by atoms with Crippen LogP contribution in [0, 0.1) is 16.7 Å². The molecule has 0 aliphatic rings. The summed E-state index contributed by atoms with van der Waals surface area (Å²) in [6.07, 6.45) is -2.33. The molecule has 30 heavy (non-hydrogen) atoms. The van der Waals surface area contributed by atoms with Gasteiger partial charge in [-0.15, -0.1) is 0 Å². The molecule has 3 N–H and O–H groups in total. The first-order chi connectivity index (χ1) is 14.4. The van der Waals surface area contributed by atoms with Gasteiger partial charge in [0.25, 0.3) is 0 Å². The van der Waals surface area contributed by atoms with Crippen molar-refractivity contribution in [3.63, 3.8) is 0 Å². The first kappa shape index (κ1) is 21.2. The van der Waals surface area contributed by atoms with Gasteiger partial charge in [0, 0.05) is 41.9 Å². The molecule has 5 nitrogen and oxygen atoms in total. The van der Waals surface area contributed by atoms with Gasteiger partial charge in [-0.1, -0.05) is 30.8 Å². The molecule has 3 aromatic rings. The van der Waals surface area contributed by atoms with Crippen molar-refractivity contribution < 1.29 is 8.78 Å². The van der Waals surface area contributed by atoms with Crippen molar-refractivity contribution in [1.82, 2.24) is 15.3 Å². The third-order valence-electron chi connectivity index (χ3n) is 4.82. The quantitative estimate of drug-likeness (QED) is 0.444. The number of aromatic nitrogens is 2. The van der Waals surface area contributed by atoms with Gasteiger partial charge in [-0.25, -0.2) is 13.8 Å². The van der Waals surface area contributed by atoms with Crippen LogP contribution in [0.1, 0.15) is 41.4 Å². The summed E-state index contributed by atoms with van der Waals surface area (Å²) >= 11 is 0. The van der Waals surface area contributed by atoms with Crippen molar-refractivity contribution in [2.75, 3.05) is 6.54 Å². The van der Waals surface area contributed by atoms with Crippen LogP contribution in [0.3, 0.4) is 0 Å². The van der Waals surface area contributed by atoms with Gasteiger partial charge in [-0.3, -0.25) is 0 Å². The van der Waals surface area contributed by atoms with Crippen molar-refractivity contribution in [1.29, 1.82) is 10.7 Å². The standard InChI is InChI=1S/C23H23F2N5/c1-3-28-14(2)17-6-4-5-7-18(17)19(27)12-23-29-20-10-15(8-9-22(24)25)16(13-26)11-21(20)30-23/h4-7,10-11,22,27-28H,2-3,8-9,12H2,1H3,(H,29,30). The minimum Gasteiger partial charge on any atom is -0.385 e.